The number of nitrogens with zero attached hydrogens (tertiary/aromatic N) is 2. The lowest BCUT2D eigenvalue weighted by molar-refractivity contribution is -0.173. The Morgan fingerprint density at radius 2 is 2.19 bits per heavy atom. The number of halogens is 3. The average Bonchev–Trinajstić information content (AvgIpc) is 2.23. The number of rotatable bonds is 6. The van der Waals surface area contributed by atoms with E-state index in [4.69, 9.17) is 0 Å². The smallest absolute Gasteiger partial charge is 0.371 e. The molecular formula is C9H12F3N3O. The van der Waals surface area contributed by atoms with Crippen molar-refractivity contribution in [2.45, 2.75) is 12.7 Å². The number of hydrogen-bond acceptors (Lipinski definition) is 4. The van der Waals surface area contributed by atoms with Crippen molar-refractivity contribution in [2.24, 2.45) is 0 Å². The first-order valence-electron chi connectivity index (χ1n) is 4.70. The first-order chi connectivity index (χ1) is 7.58. The zero-order valence-electron chi connectivity index (χ0n) is 8.50. The molecular weight excluding hydrogens is 223 g/mol. The fourth-order valence-corrected chi connectivity index (χ4v) is 0.976. The van der Waals surface area contributed by atoms with Crippen molar-refractivity contribution in [3.63, 3.8) is 0 Å². The van der Waals surface area contributed by atoms with Crippen LogP contribution in [0.4, 0.5) is 13.2 Å². The molecule has 0 saturated heterocycles. The van der Waals surface area contributed by atoms with Crippen molar-refractivity contribution in [3.8, 4) is 0 Å². The summed E-state index contributed by atoms with van der Waals surface area (Å²) in [6, 6.07) is 3.51. The Morgan fingerprint density at radius 3 is 2.81 bits per heavy atom. The van der Waals surface area contributed by atoms with Gasteiger partial charge in [0.05, 0.1) is 12.3 Å². The fourth-order valence-electron chi connectivity index (χ4n) is 0.976. The van der Waals surface area contributed by atoms with E-state index in [-0.39, 0.29) is 6.61 Å². The van der Waals surface area contributed by atoms with Gasteiger partial charge in [0.2, 0.25) is 0 Å². The molecule has 1 heterocycles. The van der Waals surface area contributed by atoms with Gasteiger partial charge in [-0.15, -0.1) is 0 Å². The summed E-state index contributed by atoms with van der Waals surface area (Å²) in [4.78, 5) is 0. The zero-order valence-corrected chi connectivity index (χ0v) is 8.50. The summed E-state index contributed by atoms with van der Waals surface area (Å²) in [7, 11) is 0. The molecule has 16 heavy (non-hydrogen) atoms. The number of aromatic nitrogens is 2. The second kappa shape index (κ2) is 6.39. The maximum atomic E-state index is 11.7. The highest BCUT2D eigenvalue weighted by Gasteiger charge is 2.27. The van der Waals surface area contributed by atoms with Crippen LogP contribution in [0.3, 0.4) is 0 Å². The van der Waals surface area contributed by atoms with E-state index in [1.165, 1.54) is 0 Å². The molecule has 0 amide bonds. The lowest BCUT2D eigenvalue weighted by Crippen LogP contribution is -2.24. The minimum absolute atomic E-state index is 0.0137. The summed E-state index contributed by atoms with van der Waals surface area (Å²) in [6.45, 7) is -0.393. The minimum Gasteiger partial charge on any atom is -0.371 e. The van der Waals surface area contributed by atoms with E-state index in [9.17, 15) is 13.2 Å². The van der Waals surface area contributed by atoms with Crippen LogP contribution < -0.4 is 5.32 Å². The van der Waals surface area contributed by atoms with E-state index >= 15 is 0 Å². The number of nitrogens with one attached hydrogen (secondary N) is 1. The lowest BCUT2D eigenvalue weighted by atomic mass is 10.4. The third-order valence-electron chi connectivity index (χ3n) is 1.62. The number of ether oxygens (including phenoxy) is 1. The van der Waals surface area contributed by atoms with Gasteiger partial charge in [-0.2, -0.15) is 23.4 Å². The Labute approximate surface area is 90.8 Å². The SMILES string of the molecule is FC(F)(F)COCCNCc1cccnn1. The van der Waals surface area contributed by atoms with Crippen molar-refractivity contribution in [3.05, 3.63) is 24.0 Å². The van der Waals surface area contributed by atoms with Gasteiger partial charge in [-0.25, -0.2) is 0 Å². The monoisotopic (exact) mass is 235 g/mol. The van der Waals surface area contributed by atoms with Gasteiger partial charge in [0.15, 0.2) is 0 Å². The van der Waals surface area contributed by atoms with E-state index in [1.54, 1.807) is 18.3 Å². The zero-order chi connectivity index (χ0) is 11.9. The Morgan fingerprint density at radius 1 is 1.38 bits per heavy atom. The molecule has 1 aromatic rings. The first kappa shape index (κ1) is 12.9. The summed E-state index contributed by atoms with van der Waals surface area (Å²) >= 11 is 0. The van der Waals surface area contributed by atoms with Crippen LogP contribution in [-0.2, 0) is 11.3 Å². The Kier molecular flexibility index (Phi) is 5.13. The van der Waals surface area contributed by atoms with Crippen LogP contribution in [0.1, 0.15) is 5.69 Å². The van der Waals surface area contributed by atoms with Crippen molar-refractivity contribution in [2.75, 3.05) is 19.8 Å². The van der Waals surface area contributed by atoms with Crippen LogP contribution in [0.15, 0.2) is 18.3 Å². The number of hydrogen-bond donors (Lipinski definition) is 1. The van der Waals surface area contributed by atoms with Crippen molar-refractivity contribution < 1.29 is 17.9 Å². The van der Waals surface area contributed by atoms with E-state index in [0.717, 1.165) is 5.69 Å². The largest absolute Gasteiger partial charge is 0.411 e. The van der Waals surface area contributed by atoms with Crippen LogP contribution >= 0.6 is 0 Å². The first-order valence-corrected chi connectivity index (χ1v) is 4.70. The normalized spacial score (nSPS) is 11.7. The Bertz CT molecular complexity index is 292. The van der Waals surface area contributed by atoms with E-state index in [2.05, 4.69) is 20.3 Å². The highest BCUT2D eigenvalue weighted by Crippen LogP contribution is 2.13. The summed E-state index contributed by atoms with van der Waals surface area (Å²) in [5.41, 5.74) is 0.735. The third-order valence-corrected chi connectivity index (χ3v) is 1.62. The van der Waals surface area contributed by atoms with Crippen LogP contribution in [0.2, 0.25) is 0 Å². The molecule has 1 aromatic heterocycles. The van der Waals surface area contributed by atoms with Crippen molar-refractivity contribution in [1.82, 2.24) is 15.5 Å². The molecule has 0 radical (unpaired) electrons. The van der Waals surface area contributed by atoms with Crippen LogP contribution in [0.25, 0.3) is 0 Å². The summed E-state index contributed by atoms with van der Waals surface area (Å²) < 4.78 is 39.4. The van der Waals surface area contributed by atoms with E-state index in [0.29, 0.717) is 13.1 Å². The van der Waals surface area contributed by atoms with Gasteiger partial charge in [-0.1, -0.05) is 0 Å². The quantitative estimate of drug-likeness (QED) is 0.751. The van der Waals surface area contributed by atoms with Crippen LogP contribution in [-0.4, -0.2) is 36.1 Å². The molecule has 0 aliphatic carbocycles. The molecule has 0 unspecified atom stereocenters. The van der Waals surface area contributed by atoms with Gasteiger partial charge >= 0.3 is 6.18 Å². The molecule has 0 fully saturated rings. The lowest BCUT2D eigenvalue weighted by Gasteiger charge is -2.07. The molecule has 1 rings (SSSR count). The molecule has 0 aliphatic heterocycles. The van der Waals surface area contributed by atoms with Gasteiger partial charge in [-0.05, 0) is 12.1 Å². The molecule has 0 saturated carbocycles. The third kappa shape index (κ3) is 6.31. The summed E-state index contributed by atoms with van der Waals surface area (Å²) in [6.07, 6.45) is -2.71. The second-order valence-electron chi connectivity index (χ2n) is 3.06. The molecule has 90 valence electrons. The summed E-state index contributed by atoms with van der Waals surface area (Å²) in [5, 5.41) is 10.4. The predicted octanol–water partition coefficient (Wildman–Crippen LogP) is 1.15. The van der Waals surface area contributed by atoms with Crippen LogP contribution in [0, 0.1) is 0 Å². The Hall–Kier alpha value is -1.21. The van der Waals surface area contributed by atoms with E-state index < -0.39 is 12.8 Å². The van der Waals surface area contributed by atoms with Crippen LogP contribution in [0.5, 0.6) is 0 Å². The van der Waals surface area contributed by atoms with Crippen molar-refractivity contribution in [1.29, 1.82) is 0 Å². The minimum atomic E-state index is -4.26. The van der Waals surface area contributed by atoms with Gasteiger partial charge in [-0.3, -0.25) is 0 Å². The molecule has 4 nitrogen and oxygen atoms in total. The fraction of sp³-hybridized carbons (Fsp3) is 0.556. The van der Waals surface area contributed by atoms with Gasteiger partial charge < -0.3 is 10.1 Å². The molecule has 0 bridgehead atoms. The molecule has 0 aliphatic rings. The molecule has 0 atom stereocenters. The number of alkyl halides is 3. The molecule has 7 heteroatoms. The highest BCUT2D eigenvalue weighted by atomic mass is 19.4. The average molecular weight is 235 g/mol. The van der Waals surface area contributed by atoms with Gasteiger partial charge in [0.25, 0.3) is 0 Å². The summed E-state index contributed by atoms with van der Waals surface area (Å²) in [5.74, 6) is 0. The second-order valence-corrected chi connectivity index (χ2v) is 3.06. The predicted molar refractivity (Wildman–Crippen MR) is 50.6 cm³/mol. The Balaban J connectivity index is 2.01. The van der Waals surface area contributed by atoms with Gasteiger partial charge in [0, 0.05) is 19.3 Å². The standard InChI is InChI=1S/C9H12F3N3O/c10-9(11,12)7-16-5-4-13-6-8-2-1-3-14-15-8/h1-3,13H,4-7H2. The van der Waals surface area contributed by atoms with E-state index in [1.807, 2.05) is 0 Å². The van der Waals surface area contributed by atoms with Gasteiger partial charge in [0.1, 0.15) is 6.61 Å². The topological polar surface area (TPSA) is 47.0 Å². The molecule has 1 N–H and O–H groups in total. The van der Waals surface area contributed by atoms with Crippen molar-refractivity contribution >= 4 is 0 Å². The maximum Gasteiger partial charge on any atom is 0.411 e. The molecule has 0 spiro atoms. The molecule has 0 aromatic carbocycles. The highest BCUT2D eigenvalue weighted by molar-refractivity contribution is 4.98. The maximum absolute atomic E-state index is 11.7.